The number of carbonyl (C=O) groups excluding carboxylic acids is 2. The summed E-state index contributed by atoms with van der Waals surface area (Å²) in [5.41, 5.74) is 7.72. The highest BCUT2D eigenvalue weighted by molar-refractivity contribution is 7.92. The summed E-state index contributed by atoms with van der Waals surface area (Å²) in [4.78, 5) is 26.1. The number of hydrogen-bond donors (Lipinski definition) is 1. The predicted octanol–water partition coefficient (Wildman–Crippen LogP) is 1.57. The number of primary amides is 1. The molecule has 27 heavy (non-hydrogen) atoms. The van der Waals surface area contributed by atoms with Crippen molar-refractivity contribution < 1.29 is 18.0 Å². The highest BCUT2D eigenvalue weighted by Gasteiger charge is 2.36. The first-order valence-corrected chi connectivity index (χ1v) is 11.0. The summed E-state index contributed by atoms with van der Waals surface area (Å²) in [5, 5.41) is 0. The fourth-order valence-corrected chi connectivity index (χ4v) is 4.91. The quantitative estimate of drug-likeness (QED) is 0.790. The van der Waals surface area contributed by atoms with Gasteiger partial charge >= 0.3 is 0 Å². The van der Waals surface area contributed by atoms with Crippen LogP contribution in [0.1, 0.15) is 37.3 Å². The van der Waals surface area contributed by atoms with Gasteiger partial charge in [-0.25, -0.2) is 8.42 Å². The molecule has 1 fully saturated rings. The van der Waals surface area contributed by atoms with Gasteiger partial charge in [0, 0.05) is 19.0 Å². The van der Waals surface area contributed by atoms with E-state index in [2.05, 4.69) is 0 Å². The molecule has 1 aromatic carbocycles. The molecule has 2 N–H and O–H groups in total. The van der Waals surface area contributed by atoms with Gasteiger partial charge in [-0.05, 0) is 56.4 Å². The molecule has 1 aliphatic rings. The molecule has 2 amide bonds. The minimum absolute atomic E-state index is 0.223. The van der Waals surface area contributed by atoms with Crippen molar-refractivity contribution in [2.75, 3.05) is 23.7 Å². The van der Waals surface area contributed by atoms with E-state index in [-0.39, 0.29) is 17.7 Å². The molecule has 0 aromatic heterocycles. The van der Waals surface area contributed by atoms with Crippen LogP contribution in [-0.2, 0) is 19.6 Å². The van der Waals surface area contributed by atoms with Gasteiger partial charge in [-0.15, -0.1) is 0 Å². The Hall–Kier alpha value is -2.09. The molecule has 0 bridgehead atoms. The van der Waals surface area contributed by atoms with Crippen LogP contribution in [0.25, 0.3) is 0 Å². The van der Waals surface area contributed by atoms with Gasteiger partial charge in [0.25, 0.3) is 0 Å². The molecule has 0 aliphatic carbocycles. The highest BCUT2D eigenvalue weighted by atomic mass is 32.2. The van der Waals surface area contributed by atoms with Crippen LogP contribution in [0.4, 0.5) is 5.69 Å². The van der Waals surface area contributed by atoms with Gasteiger partial charge in [0.1, 0.15) is 6.04 Å². The molecule has 1 unspecified atom stereocenters. The summed E-state index contributed by atoms with van der Waals surface area (Å²) in [7, 11) is -3.66. The number of hydrogen-bond acceptors (Lipinski definition) is 4. The molecule has 0 radical (unpaired) electrons. The molecule has 0 saturated carbocycles. The van der Waals surface area contributed by atoms with Crippen molar-refractivity contribution in [2.24, 2.45) is 11.7 Å². The van der Waals surface area contributed by atoms with E-state index in [0.717, 1.165) is 17.4 Å². The van der Waals surface area contributed by atoms with Crippen molar-refractivity contribution in [1.82, 2.24) is 4.90 Å². The van der Waals surface area contributed by atoms with Gasteiger partial charge in [-0.3, -0.25) is 13.9 Å². The summed E-state index contributed by atoms with van der Waals surface area (Å²) in [6.07, 6.45) is 2.51. The molecule has 8 heteroatoms. The number of amides is 2. The van der Waals surface area contributed by atoms with Gasteiger partial charge in [-0.1, -0.05) is 13.0 Å². The molecule has 1 aliphatic heterocycles. The minimum Gasteiger partial charge on any atom is -0.369 e. The number of sulfonamides is 1. The van der Waals surface area contributed by atoms with Crippen molar-refractivity contribution in [3.63, 3.8) is 0 Å². The van der Waals surface area contributed by atoms with E-state index in [9.17, 15) is 18.0 Å². The van der Waals surface area contributed by atoms with E-state index in [0.29, 0.717) is 38.0 Å². The lowest BCUT2D eigenvalue weighted by Crippen LogP contribution is -2.53. The van der Waals surface area contributed by atoms with Crippen LogP contribution >= 0.6 is 0 Å². The Morgan fingerprint density at radius 1 is 1.19 bits per heavy atom. The molecular weight excluding hydrogens is 366 g/mol. The van der Waals surface area contributed by atoms with Crippen LogP contribution in [-0.4, -0.2) is 50.5 Å². The molecule has 0 spiro atoms. The number of anilines is 1. The van der Waals surface area contributed by atoms with E-state index >= 15 is 0 Å². The van der Waals surface area contributed by atoms with E-state index in [1.807, 2.05) is 19.9 Å². The zero-order valence-corrected chi connectivity index (χ0v) is 17.3. The Morgan fingerprint density at radius 3 is 2.11 bits per heavy atom. The van der Waals surface area contributed by atoms with Gasteiger partial charge in [0.05, 0.1) is 11.9 Å². The van der Waals surface area contributed by atoms with Crippen molar-refractivity contribution >= 4 is 27.5 Å². The van der Waals surface area contributed by atoms with Crippen molar-refractivity contribution in [1.29, 1.82) is 0 Å². The number of carbonyl (C=O) groups is 2. The summed E-state index contributed by atoms with van der Waals surface area (Å²) in [6.45, 7) is 6.42. The van der Waals surface area contributed by atoms with Crippen molar-refractivity contribution in [3.05, 3.63) is 29.3 Å². The maximum atomic E-state index is 13.1. The zero-order chi connectivity index (χ0) is 20.4. The van der Waals surface area contributed by atoms with Crippen LogP contribution in [0.15, 0.2) is 18.2 Å². The molecule has 1 atom stereocenters. The van der Waals surface area contributed by atoms with E-state index in [4.69, 9.17) is 5.73 Å². The first-order valence-electron chi connectivity index (χ1n) is 9.20. The van der Waals surface area contributed by atoms with Crippen LogP contribution in [0.5, 0.6) is 0 Å². The second kappa shape index (κ2) is 8.29. The number of nitrogens with two attached hydrogens (primary N) is 1. The van der Waals surface area contributed by atoms with Gasteiger partial charge in [0.2, 0.25) is 21.8 Å². The second-order valence-electron chi connectivity index (χ2n) is 7.33. The van der Waals surface area contributed by atoms with Crippen LogP contribution in [0.3, 0.4) is 0 Å². The van der Waals surface area contributed by atoms with E-state index in [1.165, 1.54) is 4.31 Å². The summed E-state index contributed by atoms with van der Waals surface area (Å²) >= 11 is 0. The predicted molar refractivity (Wildman–Crippen MR) is 106 cm³/mol. The minimum atomic E-state index is -3.66. The first-order chi connectivity index (χ1) is 12.5. The summed E-state index contributed by atoms with van der Waals surface area (Å²) in [5.74, 6) is -0.799. The van der Waals surface area contributed by atoms with Gasteiger partial charge < -0.3 is 10.6 Å². The molecule has 1 heterocycles. The van der Waals surface area contributed by atoms with Gasteiger partial charge in [-0.2, -0.15) is 0 Å². The summed E-state index contributed by atoms with van der Waals surface area (Å²) in [6, 6.07) is 4.71. The highest BCUT2D eigenvalue weighted by Crippen LogP contribution is 2.27. The first kappa shape index (κ1) is 21.2. The Balaban J connectivity index is 2.33. The lowest BCUT2D eigenvalue weighted by molar-refractivity contribution is -0.135. The molecule has 1 aromatic rings. The maximum absolute atomic E-state index is 13.1. The Labute approximate surface area is 161 Å². The van der Waals surface area contributed by atoms with Crippen LogP contribution in [0, 0.1) is 19.8 Å². The van der Waals surface area contributed by atoms with Crippen molar-refractivity contribution in [3.8, 4) is 0 Å². The fraction of sp³-hybridized carbons (Fsp3) is 0.579. The smallest absolute Gasteiger partial charge is 0.246 e. The number of piperidine rings is 1. The largest absolute Gasteiger partial charge is 0.369 e. The number of likely N-dealkylation sites (tertiary alicyclic amines) is 1. The number of aryl methyl sites for hydroxylation is 2. The normalized spacial score (nSPS) is 16.8. The number of benzene rings is 1. The summed E-state index contributed by atoms with van der Waals surface area (Å²) < 4.78 is 26.4. The average Bonchev–Trinajstić information content (AvgIpc) is 2.56. The topological polar surface area (TPSA) is 101 Å². The zero-order valence-electron chi connectivity index (χ0n) is 16.4. The van der Waals surface area contributed by atoms with Crippen molar-refractivity contribution in [2.45, 2.75) is 46.1 Å². The van der Waals surface area contributed by atoms with Crippen LogP contribution in [0.2, 0.25) is 0 Å². The molecule has 1 saturated heterocycles. The monoisotopic (exact) mass is 395 g/mol. The molecule has 2 rings (SSSR count). The standard InChI is InChI=1S/C19H29N3O4S/c1-5-17(19(24)21-8-6-15(7-9-21)18(20)23)22(27(4,25)26)16-11-13(2)10-14(3)12-16/h10-12,15,17H,5-9H2,1-4H3,(H2,20,23). The third kappa shape index (κ3) is 5.00. The Kier molecular flexibility index (Phi) is 6.51. The maximum Gasteiger partial charge on any atom is 0.246 e. The lowest BCUT2D eigenvalue weighted by atomic mass is 9.95. The lowest BCUT2D eigenvalue weighted by Gasteiger charge is -2.37. The van der Waals surface area contributed by atoms with E-state index < -0.39 is 16.1 Å². The Bertz CT molecular complexity index is 794. The number of nitrogens with zero attached hydrogens (tertiary/aromatic N) is 2. The third-order valence-corrected chi connectivity index (χ3v) is 6.16. The second-order valence-corrected chi connectivity index (χ2v) is 9.19. The molecule has 150 valence electrons. The SMILES string of the molecule is CCC(C(=O)N1CCC(C(N)=O)CC1)N(c1cc(C)cc(C)c1)S(C)(=O)=O. The molecule has 7 nitrogen and oxygen atoms in total. The fourth-order valence-electron chi connectivity index (χ4n) is 3.72. The number of rotatable bonds is 6. The molecular formula is C19H29N3O4S. The average molecular weight is 396 g/mol. The Morgan fingerprint density at radius 2 is 1.70 bits per heavy atom. The van der Waals surface area contributed by atoms with E-state index in [1.54, 1.807) is 24.0 Å². The van der Waals surface area contributed by atoms with Gasteiger partial charge in [0.15, 0.2) is 0 Å². The van der Waals surface area contributed by atoms with Crippen LogP contribution < -0.4 is 10.0 Å². The third-order valence-electron chi connectivity index (χ3n) is 4.98.